The Morgan fingerprint density at radius 2 is 0.893 bits per heavy atom. The number of rotatable bonds is 20. The number of nitrogens with two attached hydrogens (primary N) is 2. The molecule has 0 unspecified atom stereocenters. The van der Waals surface area contributed by atoms with Crippen molar-refractivity contribution < 1.29 is 79.0 Å². The zero-order valence-electron chi connectivity index (χ0n) is 46.4. The molecule has 4 heterocycles. The van der Waals surface area contributed by atoms with E-state index in [0.29, 0.717) is 59.8 Å². The molecular formula is C56H76N12O16. The normalized spacial score (nSPS) is 25.4. The van der Waals surface area contributed by atoms with Gasteiger partial charge in [0.05, 0.1) is 26.3 Å². The number of likely N-dealkylation sites (N-methyl/N-ethyl adjacent to an activating group) is 2. The van der Waals surface area contributed by atoms with Gasteiger partial charge < -0.3 is 112 Å². The fourth-order valence-electron chi connectivity index (χ4n) is 9.55. The van der Waals surface area contributed by atoms with E-state index < -0.39 is 98.5 Å². The zero-order chi connectivity index (χ0) is 60.8. The molecule has 0 bridgehead atoms. The lowest BCUT2D eigenvalue weighted by atomic mass is 9.99. The van der Waals surface area contributed by atoms with Gasteiger partial charge in [0.25, 0.3) is 0 Å². The lowest BCUT2D eigenvalue weighted by molar-refractivity contribution is -0.277. The van der Waals surface area contributed by atoms with Gasteiger partial charge in [0.15, 0.2) is 0 Å². The molecule has 0 saturated carbocycles. The molecule has 0 spiro atoms. The summed E-state index contributed by atoms with van der Waals surface area (Å²) in [6.45, 7) is 3.44. The number of para-hydroxylation sites is 2. The Kier molecular flexibility index (Phi) is 22.7. The summed E-state index contributed by atoms with van der Waals surface area (Å²) < 4.78 is 22.8. The van der Waals surface area contributed by atoms with Gasteiger partial charge in [-0.2, -0.15) is 0 Å². The third-order valence-corrected chi connectivity index (χ3v) is 14.7. The molecule has 12 atom stereocenters. The van der Waals surface area contributed by atoms with Crippen molar-refractivity contribution in [2.24, 2.45) is 11.5 Å². The summed E-state index contributed by atoms with van der Waals surface area (Å²) in [6.07, 6.45) is -15.1. The number of ether oxygens (including phenoxy) is 4. The van der Waals surface area contributed by atoms with Crippen LogP contribution < -0.4 is 42.2 Å². The van der Waals surface area contributed by atoms with Gasteiger partial charge in [-0.15, -0.1) is 0 Å². The number of carbonyl (C=O) groups excluding carboxylic acids is 4. The topological polar surface area (TPSA) is 428 Å². The SMILES string of the molecule is CN1CCN(C(=O)CNC(=O)[C@@H](Nc2cccc(C(=N)N)c2)c2ccccc2O[C@@H]2O[C@H](CO)[C@@H](O)[C@H](O)[C@H]2O)CC1.CN1CCN(C(=O)CNC(=O)[C@H](Nc2cccc(C(=N)N)c2)c2ccccc2O[C@@H]2O[C@H](CO)[C@@H](O)[C@H](O)[C@H]2O)CC1. The second kappa shape index (κ2) is 29.8. The number of hydrogen-bond donors (Lipinski definition) is 16. The highest BCUT2D eigenvalue weighted by molar-refractivity contribution is 5.97. The molecular weight excluding hydrogens is 1100 g/mol. The molecule has 8 rings (SSSR count). The second-order valence-electron chi connectivity index (χ2n) is 20.7. The molecule has 0 radical (unpaired) electrons. The van der Waals surface area contributed by atoms with Gasteiger partial charge in [0, 0.05) is 86.0 Å². The molecule has 28 nitrogen and oxygen atoms in total. The molecule has 456 valence electrons. The third kappa shape index (κ3) is 16.4. The molecule has 18 N–H and O–H groups in total. The first-order valence-corrected chi connectivity index (χ1v) is 27.2. The Morgan fingerprint density at radius 1 is 0.536 bits per heavy atom. The van der Waals surface area contributed by atoms with Crippen LogP contribution in [0.4, 0.5) is 11.4 Å². The number of benzene rings is 4. The predicted molar refractivity (Wildman–Crippen MR) is 303 cm³/mol. The van der Waals surface area contributed by atoms with Crippen molar-refractivity contribution in [2.45, 2.75) is 73.5 Å². The largest absolute Gasteiger partial charge is 0.462 e. The van der Waals surface area contributed by atoms with Gasteiger partial charge in [0.2, 0.25) is 36.2 Å². The van der Waals surface area contributed by atoms with E-state index in [1.807, 2.05) is 14.1 Å². The van der Waals surface area contributed by atoms with Crippen LogP contribution in [-0.4, -0.2) is 250 Å². The highest BCUT2D eigenvalue weighted by atomic mass is 16.7. The number of amides is 4. The number of carbonyl (C=O) groups is 4. The minimum absolute atomic E-state index is 0.0996. The lowest BCUT2D eigenvalue weighted by Crippen LogP contribution is -2.60. The van der Waals surface area contributed by atoms with E-state index in [4.69, 9.17) is 41.2 Å². The second-order valence-corrected chi connectivity index (χ2v) is 20.7. The number of piperazine rings is 2. The van der Waals surface area contributed by atoms with E-state index in [9.17, 15) is 60.0 Å². The molecule has 0 aromatic heterocycles. The number of amidine groups is 2. The first kappa shape index (κ1) is 64.0. The van der Waals surface area contributed by atoms with Crippen LogP contribution in [0.15, 0.2) is 97.1 Å². The molecule has 0 aliphatic carbocycles. The average molecular weight is 1170 g/mol. The Labute approximate surface area is 484 Å². The Bertz CT molecular complexity index is 2700. The highest BCUT2D eigenvalue weighted by Gasteiger charge is 2.46. The number of aliphatic hydroxyl groups excluding tert-OH is 8. The standard InChI is InChI=1S/2C28H38N6O8/c2*1-33-9-11-34(12-10-33)21(36)14-31-27(40)22(32-17-6-4-5-16(13-17)26(29)30)18-7-2-3-8-19(18)41-28-25(39)24(38)23(37)20(15-35)42-28/h2*2-8,13,20,22-25,28,32,35,37-39H,9-12,14-15H2,1H3,(H3,29,30)(H,31,40)/t20-,22+,23-,24+,25-,28-;20-,22-,23-,24+,25-,28-/m11/s1. The van der Waals surface area contributed by atoms with Crippen molar-refractivity contribution in [2.75, 3.05) is 103 Å². The summed E-state index contributed by atoms with van der Waals surface area (Å²) in [4.78, 5) is 60.6. The molecule has 4 aromatic rings. The van der Waals surface area contributed by atoms with Crippen LogP contribution in [-0.2, 0) is 28.7 Å². The molecule has 4 aromatic carbocycles. The van der Waals surface area contributed by atoms with E-state index in [2.05, 4.69) is 31.1 Å². The van der Waals surface area contributed by atoms with Crippen LogP contribution >= 0.6 is 0 Å². The number of hydrogen-bond acceptors (Lipinski definition) is 22. The van der Waals surface area contributed by atoms with Crippen LogP contribution in [0.3, 0.4) is 0 Å². The maximum atomic E-state index is 13.6. The van der Waals surface area contributed by atoms with Gasteiger partial charge in [-0.3, -0.25) is 30.0 Å². The van der Waals surface area contributed by atoms with Gasteiger partial charge in [-0.1, -0.05) is 60.7 Å². The molecule has 4 aliphatic heterocycles. The summed E-state index contributed by atoms with van der Waals surface area (Å²) in [7, 11) is 3.95. The molecule has 84 heavy (non-hydrogen) atoms. The van der Waals surface area contributed by atoms with Crippen molar-refractivity contribution in [3.63, 3.8) is 0 Å². The van der Waals surface area contributed by atoms with Gasteiger partial charge in [0.1, 0.15) is 84.1 Å². The zero-order valence-corrected chi connectivity index (χ0v) is 46.4. The fourth-order valence-corrected chi connectivity index (χ4v) is 9.55. The van der Waals surface area contributed by atoms with Gasteiger partial charge in [-0.05, 0) is 50.5 Å². The smallest absolute Gasteiger partial charge is 0.247 e. The summed E-state index contributed by atoms with van der Waals surface area (Å²) in [6, 6.07) is 23.8. The van der Waals surface area contributed by atoms with E-state index in [0.717, 1.165) is 26.2 Å². The van der Waals surface area contributed by atoms with E-state index in [1.165, 1.54) is 12.1 Å². The van der Waals surface area contributed by atoms with Crippen LogP contribution in [0.1, 0.15) is 34.3 Å². The average Bonchev–Trinajstić information content (AvgIpc) is 3.18. The van der Waals surface area contributed by atoms with Crippen molar-refractivity contribution in [3.05, 3.63) is 119 Å². The maximum absolute atomic E-state index is 13.6. The summed E-state index contributed by atoms with van der Waals surface area (Å²) in [5.74, 6) is -1.69. The van der Waals surface area contributed by atoms with Crippen molar-refractivity contribution in [3.8, 4) is 11.5 Å². The van der Waals surface area contributed by atoms with Crippen LogP contribution in [0.25, 0.3) is 0 Å². The number of nitrogens with zero attached hydrogens (tertiary/aromatic N) is 4. The molecule has 4 saturated heterocycles. The molecule has 4 fully saturated rings. The van der Waals surface area contributed by atoms with E-state index in [-0.39, 0.29) is 48.1 Å². The van der Waals surface area contributed by atoms with Gasteiger partial charge in [-0.25, -0.2) is 0 Å². The third-order valence-electron chi connectivity index (χ3n) is 14.7. The Morgan fingerprint density at radius 3 is 1.24 bits per heavy atom. The van der Waals surface area contributed by atoms with Crippen molar-refractivity contribution in [1.82, 2.24) is 30.2 Å². The quantitative estimate of drug-likeness (QED) is 0.0300. The first-order valence-electron chi connectivity index (χ1n) is 27.2. The molecule has 4 aliphatic rings. The Hall–Kier alpha value is -7.58. The molecule has 4 amide bonds. The molecule has 28 heteroatoms. The van der Waals surface area contributed by atoms with Crippen molar-refractivity contribution in [1.29, 1.82) is 10.8 Å². The van der Waals surface area contributed by atoms with E-state index in [1.54, 1.807) is 94.7 Å². The lowest BCUT2D eigenvalue weighted by Gasteiger charge is -2.40. The number of nitrogens with one attached hydrogen (secondary N) is 6. The first-order chi connectivity index (χ1) is 40.2. The van der Waals surface area contributed by atoms with Crippen LogP contribution in [0.2, 0.25) is 0 Å². The number of nitrogen functional groups attached to an aromatic ring is 2. The summed E-state index contributed by atoms with van der Waals surface area (Å²) in [5.41, 5.74) is 13.7. The van der Waals surface area contributed by atoms with Crippen LogP contribution in [0, 0.1) is 10.8 Å². The van der Waals surface area contributed by atoms with Crippen LogP contribution in [0.5, 0.6) is 11.5 Å². The minimum atomic E-state index is -1.66. The van der Waals surface area contributed by atoms with E-state index >= 15 is 0 Å². The number of anilines is 2. The Balaban J connectivity index is 0.000000241. The minimum Gasteiger partial charge on any atom is -0.462 e. The summed E-state index contributed by atoms with van der Waals surface area (Å²) >= 11 is 0. The fraction of sp³-hybridized carbons (Fsp3) is 0.464. The summed E-state index contributed by atoms with van der Waals surface area (Å²) in [5, 5.41) is 108. The number of aliphatic hydroxyl groups is 8. The maximum Gasteiger partial charge on any atom is 0.247 e. The predicted octanol–water partition coefficient (Wildman–Crippen LogP) is -3.61. The highest BCUT2D eigenvalue weighted by Crippen LogP contribution is 2.34. The van der Waals surface area contributed by atoms with Gasteiger partial charge >= 0.3 is 0 Å². The van der Waals surface area contributed by atoms with Crippen molar-refractivity contribution >= 4 is 46.7 Å². The monoisotopic (exact) mass is 1170 g/mol.